The van der Waals surface area contributed by atoms with Crippen molar-refractivity contribution in [3.8, 4) is 0 Å². The number of hydrazine groups is 1. The molecule has 17 heteroatoms. The van der Waals surface area contributed by atoms with Crippen LogP contribution in [0.25, 0.3) is 0 Å². The van der Waals surface area contributed by atoms with Crippen molar-refractivity contribution in [2.24, 2.45) is 0 Å². The smallest absolute Gasteiger partial charge is 0.312 e. The number of non-ortho nitro benzene ring substituents is 1. The first kappa shape index (κ1) is 19.8. The minimum atomic E-state index is -1.50. The molecule has 1 N–H and O–H groups in total. The lowest BCUT2D eigenvalue weighted by Gasteiger charge is -2.08. The quantitative estimate of drug-likeness (QED) is 0.569. The van der Waals surface area contributed by atoms with Crippen LogP contribution in [0.2, 0.25) is 0 Å². The first-order chi connectivity index (χ1) is 10.9. The van der Waals surface area contributed by atoms with Crippen LogP contribution in [0.3, 0.4) is 0 Å². The molecule has 1 aromatic rings. The average Bonchev–Trinajstić information content (AvgIpc) is 2.43. The lowest BCUT2D eigenvalue weighted by Crippen LogP contribution is -2.26. The zero-order valence-electron chi connectivity index (χ0n) is 11.4. The van der Waals surface area contributed by atoms with Crippen molar-refractivity contribution in [2.75, 3.05) is 12.1 Å². The van der Waals surface area contributed by atoms with Gasteiger partial charge in [0, 0.05) is 0 Å². The van der Waals surface area contributed by atoms with Crippen LogP contribution in [-0.4, -0.2) is 37.1 Å². The molecule has 0 aliphatic heterocycles. The van der Waals surface area contributed by atoms with Gasteiger partial charge in [-0.25, -0.2) is 10.1 Å². The summed E-state index contributed by atoms with van der Waals surface area (Å²) in [6.07, 6.45) is 0. The lowest BCUT2D eigenvalue weighted by atomic mass is 10.2. The molecule has 0 atom stereocenters. The van der Waals surface area contributed by atoms with Gasteiger partial charge in [-0.2, -0.15) is 0 Å². The molecule has 0 fully saturated rings. The average molecular weight is 350 g/mol. The molecule has 1 aromatic carbocycles. The third-order valence-electron chi connectivity index (χ3n) is 2.23. The Morgan fingerprint density at radius 3 is 1.38 bits per heavy atom. The van der Waals surface area contributed by atoms with Crippen LogP contribution in [0.15, 0.2) is 12.1 Å². The summed E-state index contributed by atoms with van der Waals surface area (Å²) in [7, 11) is 0.751. The van der Waals surface area contributed by atoms with Crippen LogP contribution < -0.4 is 5.01 Å². The molecule has 130 valence electrons. The molecule has 17 nitrogen and oxygen atoms in total. The molecular weight excluding hydrogens is 344 g/mol. The molecule has 0 aliphatic rings. The Balaban J connectivity index is 0.00000118. The Labute approximate surface area is 129 Å². The molecule has 0 unspecified atom stereocenters. The minimum absolute atomic E-state index is 0.0555. The third-order valence-corrected chi connectivity index (χ3v) is 2.23. The van der Waals surface area contributed by atoms with Gasteiger partial charge in [-0.05, 0) is 0 Å². The summed E-state index contributed by atoms with van der Waals surface area (Å²) < 4.78 is 0. The van der Waals surface area contributed by atoms with E-state index in [1.165, 1.54) is 0 Å². The Bertz CT molecular complexity index is 678. The monoisotopic (exact) mass is 350 g/mol. The number of hydrogen-bond acceptors (Lipinski definition) is 10. The van der Waals surface area contributed by atoms with Crippen molar-refractivity contribution >= 4 is 22.7 Å². The second kappa shape index (κ2) is 7.72. The zero-order chi connectivity index (χ0) is 19.2. The van der Waals surface area contributed by atoms with Gasteiger partial charge in [-0.1, -0.05) is 5.01 Å². The standard InChI is InChI=1S/C7H5N5O8.HNO3/c1-8(12(19)20)7-5(10(15)16)2-4(9(13)14)3-6(7)11(17)18;2-1(3)4/h2-3H,1H3;(H,2,3,4). The summed E-state index contributed by atoms with van der Waals surface area (Å²) in [6.45, 7) is 0. The van der Waals surface area contributed by atoms with E-state index in [0.717, 1.165) is 7.05 Å². The van der Waals surface area contributed by atoms with E-state index in [1.807, 2.05) is 0 Å². The lowest BCUT2D eigenvalue weighted by molar-refractivity contribution is -0.742. The maximum absolute atomic E-state index is 10.8. The van der Waals surface area contributed by atoms with Gasteiger partial charge in [-0.15, -0.1) is 10.1 Å². The van der Waals surface area contributed by atoms with E-state index in [9.17, 15) is 40.5 Å². The highest BCUT2D eigenvalue weighted by Crippen LogP contribution is 2.40. The van der Waals surface area contributed by atoms with E-state index < -0.39 is 47.6 Å². The Morgan fingerprint density at radius 2 is 1.17 bits per heavy atom. The van der Waals surface area contributed by atoms with Gasteiger partial charge in [0.05, 0.1) is 34.0 Å². The topological polar surface area (TPSA) is 239 Å². The molecule has 0 radical (unpaired) electrons. The molecule has 0 saturated heterocycles. The third kappa shape index (κ3) is 4.98. The van der Waals surface area contributed by atoms with E-state index in [0.29, 0.717) is 12.1 Å². The number of anilines is 1. The predicted molar refractivity (Wildman–Crippen MR) is 70.6 cm³/mol. The van der Waals surface area contributed by atoms with E-state index in [2.05, 4.69) is 0 Å². The molecule has 0 aliphatic carbocycles. The molecule has 24 heavy (non-hydrogen) atoms. The number of nitrogens with zero attached hydrogens (tertiary/aromatic N) is 6. The molecule has 0 bridgehead atoms. The first-order valence-corrected chi connectivity index (χ1v) is 5.22. The number of nitro benzene ring substituents is 3. The van der Waals surface area contributed by atoms with Crippen LogP contribution in [0.4, 0.5) is 22.7 Å². The van der Waals surface area contributed by atoms with Crippen molar-refractivity contribution in [1.82, 2.24) is 0 Å². The summed E-state index contributed by atoms with van der Waals surface area (Å²) in [5, 5.41) is 55.4. The van der Waals surface area contributed by atoms with Gasteiger partial charge in [0.2, 0.25) is 0 Å². The number of hydrogen-bond donors (Lipinski definition) is 1. The zero-order valence-corrected chi connectivity index (χ0v) is 11.4. The first-order valence-electron chi connectivity index (χ1n) is 5.22. The largest absolute Gasteiger partial charge is 0.328 e. The van der Waals surface area contributed by atoms with E-state index >= 15 is 0 Å². The van der Waals surface area contributed by atoms with Crippen LogP contribution in [0, 0.1) is 50.6 Å². The molecule has 0 saturated carbocycles. The SMILES string of the molecule is CN(c1c([N+](=O)[O-])cc([N+](=O)[O-])cc1[N+](=O)[O-])[N+](=O)[O-].O=[N+]([O-])O. The highest BCUT2D eigenvalue weighted by molar-refractivity contribution is 5.76. The van der Waals surface area contributed by atoms with E-state index in [4.69, 9.17) is 15.3 Å². The fraction of sp³-hybridized carbons (Fsp3) is 0.143. The van der Waals surface area contributed by atoms with Crippen molar-refractivity contribution in [1.29, 1.82) is 0 Å². The Morgan fingerprint density at radius 1 is 0.833 bits per heavy atom. The van der Waals surface area contributed by atoms with Crippen molar-refractivity contribution in [3.05, 3.63) is 62.7 Å². The second-order valence-electron chi connectivity index (χ2n) is 3.60. The van der Waals surface area contributed by atoms with Crippen LogP contribution >= 0.6 is 0 Å². The van der Waals surface area contributed by atoms with E-state index in [-0.39, 0.29) is 5.01 Å². The van der Waals surface area contributed by atoms with Crippen LogP contribution in [0.5, 0.6) is 0 Å². The highest BCUT2D eigenvalue weighted by Gasteiger charge is 2.37. The van der Waals surface area contributed by atoms with Gasteiger partial charge in [0.25, 0.3) is 16.5 Å². The number of rotatable bonds is 5. The highest BCUT2D eigenvalue weighted by atomic mass is 16.9. The fourth-order valence-electron chi connectivity index (χ4n) is 1.39. The van der Waals surface area contributed by atoms with Gasteiger partial charge in [0.1, 0.15) is 0 Å². The second-order valence-corrected chi connectivity index (χ2v) is 3.60. The summed E-state index contributed by atoms with van der Waals surface area (Å²) in [6, 6.07) is 0.838. The maximum Gasteiger partial charge on any atom is 0.312 e. The molecule has 0 amide bonds. The van der Waals surface area contributed by atoms with Gasteiger partial charge >= 0.3 is 11.4 Å². The number of nitro groups is 4. The Kier molecular flexibility index (Phi) is 6.38. The van der Waals surface area contributed by atoms with Crippen LogP contribution in [0.1, 0.15) is 0 Å². The van der Waals surface area contributed by atoms with E-state index in [1.54, 1.807) is 0 Å². The molecular formula is C7H6N6O11. The molecule has 0 spiro atoms. The minimum Gasteiger partial charge on any atom is -0.328 e. The van der Waals surface area contributed by atoms with Gasteiger partial charge in [-0.3, -0.25) is 30.3 Å². The number of benzene rings is 1. The fourth-order valence-corrected chi connectivity index (χ4v) is 1.39. The van der Waals surface area contributed by atoms with Crippen molar-refractivity contribution < 1.29 is 30.1 Å². The summed E-state index contributed by atoms with van der Waals surface area (Å²) in [5.41, 5.74) is -4.07. The molecule has 0 aromatic heterocycles. The molecule has 0 heterocycles. The Hall–Kier alpha value is -4.18. The summed E-state index contributed by atoms with van der Waals surface area (Å²) in [5.74, 6) is 0. The maximum atomic E-state index is 10.8. The van der Waals surface area contributed by atoms with Crippen molar-refractivity contribution in [3.63, 3.8) is 0 Å². The normalized spacial score (nSPS) is 9.21. The van der Waals surface area contributed by atoms with Gasteiger partial charge in [0.15, 0.2) is 5.03 Å². The summed E-state index contributed by atoms with van der Waals surface area (Å²) in [4.78, 5) is 47.8. The molecule has 1 rings (SSSR count). The van der Waals surface area contributed by atoms with Gasteiger partial charge < -0.3 is 5.21 Å². The predicted octanol–water partition coefficient (Wildman–Crippen LogP) is 0.691. The van der Waals surface area contributed by atoms with Crippen LogP contribution in [-0.2, 0) is 0 Å². The summed E-state index contributed by atoms with van der Waals surface area (Å²) >= 11 is 0. The van der Waals surface area contributed by atoms with Crippen molar-refractivity contribution in [2.45, 2.75) is 0 Å².